The Labute approximate surface area is 193 Å². The topological polar surface area (TPSA) is 88.6 Å². The summed E-state index contributed by atoms with van der Waals surface area (Å²) in [6.07, 6.45) is 14.4. The van der Waals surface area contributed by atoms with Crippen molar-refractivity contribution in [1.29, 1.82) is 0 Å². The number of methoxy groups -OCH3 is 1. The lowest BCUT2D eigenvalue weighted by atomic mass is 9.78. The smallest absolute Gasteiger partial charge is 0.230 e. The molecule has 172 valence electrons. The van der Waals surface area contributed by atoms with E-state index in [4.69, 9.17) is 4.74 Å². The van der Waals surface area contributed by atoms with Crippen LogP contribution < -0.4 is 5.32 Å². The van der Waals surface area contributed by atoms with Gasteiger partial charge in [0, 0.05) is 31.8 Å². The van der Waals surface area contributed by atoms with E-state index in [9.17, 15) is 14.4 Å². The number of Topliss-reactive ketones (excluding diaryl/α,β-unsaturated/α-hetero) is 1. The molecule has 0 spiro atoms. The van der Waals surface area contributed by atoms with E-state index in [1.54, 1.807) is 24.4 Å². The van der Waals surface area contributed by atoms with E-state index in [2.05, 4.69) is 10.3 Å². The van der Waals surface area contributed by atoms with Gasteiger partial charge in [0.25, 0.3) is 0 Å². The van der Waals surface area contributed by atoms with Crippen LogP contribution in [0.2, 0.25) is 0 Å². The van der Waals surface area contributed by atoms with Crippen LogP contribution in [0.1, 0.15) is 32.3 Å². The SMILES string of the molecule is COC1=CC2CN(CC(NC(C)=O)(C(C)=O)C3=CC=C(c4ccncc4)CC3)C(=O)C2C=C1. The van der Waals surface area contributed by atoms with E-state index < -0.39 is 5.54 Å². The van der Waals surface area contributed by atoms with Gasteiger partial charge < -0.3 is 15.0 Å². The molecule has 1 N–H and O–H groups in total. The average Bonchev–Trinajstić information content (AvgIpc) is 3.13. The summed E-state index contributed by atoms with van der Waals surface area (Å²) in [5.74, 6) is -0.0867. The van der Waals surface area contributed by atoms with Gasteiger partial charge in [-0.3, -0.25) is 19.4 Å². The Morgan fingerprint density at radius 1 is 1.21 bits per heavy atom. The normalized spacial score (nSPS) is 23.7. The van der Waals surface area contributed by atoms with Crippen molar-refractivity contribution in [2.45, 2.75) is 32.2 Å². The second-order valence-electron chi connectivity index (χ2n) is 8.80. The molecule has 2 aliphatic carbocycles. The Bertz CT molecular complexity index is 1090. The average molecular weight is 448 g/mol. The maximum absolute atomic E-state index is 13.2. The van der Waals surface area contributed by atoms with Gasteiger partial charge in [0.2, 0.25) is 11.8 Å². The predicted molar refractivity (Wildman–Crippen MR) is 125 cm³/mol. The van der Waals surface area contributed by atoms with Gasteiger partial charge in [0.1, 0.15) is 11.3 Å². The van der Waals surface area contributed by atoms with Crippen molar-refractivity contribution in [3.63, 3.8) is 0 Å². The Hall–Kier alpha value is -3.48. The number of likely N-dealkylation sites (tertiary alicyclic amines) is 1. The van der Waals surface area contributed by atoms with Crippen molar-refractivity contribution >= 4 is 23.2 Å². The van der Waals surface area contributed by atoms with Gasteiger partial charge in [0.15, 0.2) is 5.78 Å². The molecule has 7 nitrogen and oxygen atoms in total. The number of nitrogens with zero attached hydrogens (tertiary/aromatic N) is 2. The second-order valence-corrected chi connectivity index (χ2v) is 8.80. The molecule has 4 rings (SSSR count). The molecule has 3 atom stereocenters. The Morgan fingerprint density at radius 3 is 2.58 bits per heavy atom. The van der Waals surface area contributed by atoms with E-state index in [1.165, 1.54) is 13.8 Å². The highest BCUT2D eigenvalue weighted by Crippen LogP contribution is 2.37. The number of aromatic nitrogens is 1. The molecule has 0 radical (unpaired) electrons. The van der Waals surface area contributed by atoms with Crippen LogP contribution in [-0.4, -0.2) is 53.2 Å². The molecule has 7 heteroatoms. The minimum Gasteiger partial charge on any atom is -0.497 e. The summed E-state index contributed by atoms with van der Waals surface area (Å²) in [7, 11) is 1.60. The van der Waals surface area contributed by atoms with Crippen molar-refractivity contribution in [1.82, 2.24) is 15.2 Å². The van der Waals surface area contributed by atoms with Crippen LogP contribution in [0.25, 0.3) is 5.57 Å². The highest BCUT2D eigenvalue weighted by Gasteiger charge is 2.47. The molecule has 2 heterocycles. The summed E-state index contributed by atoms with van der Waals surface area (Å²) in [6.45, 7) is 3.47. The molecule has 0 aromatic carbocycles. The van der Waals surface area contributed by atoms with Crippen LogP contribution >= 0.6 is 0 Å². The lowest BCUT2D eigenvalue weighted by Crippen LogP contribution is -2.61. The van der Waals surface area contributed by atoms with Crippen molar-refractivity contribution in [3.05, 3.63) is 71.8 Å². The summed E-state index contributed by atoms with van der Waals surface area (Å²) in [6, 6.07) is 3.91. The van der Waals surface area contributed by atoms with Crippen LogP contribution in [-0.2, 0) is 19.1 Å². The van der Waals surface area contributed by atoms with Crippen molar-refractivity contribution in [2.75, 3.05) is 20.2 Å². The monoisotopic (exact) mass is 447 g/mol. The van der Waals surface area contributed by atoms with Crippen molar-refractivity contribution in [2.24, 2.45) is 11.8 Å². The van der Waals surface area contributed by atoms with Gasteiger partial charge in [-0.2, -0.15) is 0 Å². The number of rotatable bonds is 7. The molecular weight excluding hydrogens is 418 g/mol. The van der Waals surface area contributed by atoms with Gasteiger partial charge in [-0.25, -0.2) is 0 Å². The second kappa shape index (κ2) is 9.17. The van der Waals surface area contributed by atoms with Gasteiger partial charge in [-0.05, 0) is 60.8 Å². The standard InChI is InChI=1S/C26H29N3O4/c1-17(30)26(28-18(2)31,22-6-4-19(5-7-22)20-10-12-27-13-11-20)16-29-15-21-14-23(33-3)8-9-24(21)25(29)32/h4,6,8-14,21,24H,5,7,15-16H2,1-3H3,(H,28,31). The zero-order valence-corrected chi connectivity index (χ0v) is 19.2. The van der Waals surface area contributed by atoms with Gasteiger partial charge in [-0.15, -0.1) is 0 Å². The van der Waals surface area contributed by atoms with E-state index in [-0.39, 0.29) is 36.0 Å². The summed E-state index contributed by atoms with van der Waals surface area (Å²) in [4.78, 5) is 44.3. The molecular formula is C26H29N3O4. The quantitative estimate of drug-likeness (QED) is 0.694. The fraction of sp³-hybridized carbons (Fsp3) is 0.385. The highest BCUT2D eigenvalue weighted by molar-refractivity contribution is 5.96. The zero-order valence-electron chi connectivity index (χ0n) is 19.2. The molecule has 1 aromatic heterocycles. The van der Waals surface area contributed by atoms with Crippen LogP contribution in [0.4, 0.5) is 0 Å². The third kappa shape index (κ3) is 4.40. The molecule has 1 aliphatic heterocycles. The summed E-state index contributed by atoms with van der Waals surface area (Å²) >= 11 is 0. The maximum Gasteiger partial charge on any atom is 0.230 e. The molecule has 1 saturated heterocycles. The zero-order chi connectivity index (χ0) is 23.6. The lowest BCUT2D eigenvalue weighted by molar-refractivity contribution is -0.134. The number of fused-ring (bicyclic) bond motifs is 1. The lowest BCUT2D eigenvalue weighted by Gasteiger charge is -2.39. The number of ether oxygens (including phenoxy) is 1. The summed E-state index contributed by atoms with van der Waals surface area (Å²) < 4.78 is 5.32. The Balaban J connectivity index is 1.65. The van der Waals surface area contributed by atoms with Gasteiger partial charge >= 0.3 is 0 Å². The first-order valence-electron chi connectivity index (χ1n) is 11.2. The molecule has 3 aliphatic rings. The van der Waals surface area contributed by atoms with Crippen molar-refractivity contribution < 1.29 is 19.1 Å². The number of pyridine rings is 1. The third-order valence-electron chi connectivity index (χ3n) is 6.74. The van der Waals surface area contributed by atoms with Crippen LogP contribution in [0.5, 0.6) is 0 Å². The first-order valence-corrected chi connectivity index (χ1v) is 11.2. The van der Waals surface area contributed by atoms with E-state index in [1.807, 2.05) is 42.5 Å². The largest absolute Gasteiger partial charge is 0.497 e. The number of hydrogen-bond donors (Lipinski definition) is 1. The number of allylic oxidation sites excluding steroid dienone is 4. The van der Waals surface area contributed by atoms with Crippen LogP contribution in [0.3, 0.4) is 0 Å². The van der Waals surface area contributed by atoms with Crippen LogP contribution in [0, 0.1) is 11.8 Å². The Kier molecular flexibility index (Phi) is 6.31. The summed E-state index contributed by atoms with van der Waals surface area (Å²) in [5.41, 5.74) is 1.79. The highest BCUT2D eigenvalue weighted by atomic mass is 16.5. The molecule has 33 heavy (non-hydrogen) atoms. The number of nitrogens with one attached hydrogen (secondary N) is 1. The Morgan fingerprint density at radius 2 is 1.97 bits per heavy atom. The fourth-order valence-electron chi connectivity index (χ4n) is 5.01. The molecule has 1 aromatic rings. The molecule has 2 amide bonds. The number of carbonyl (C=O) groups is 3. The van der Waals surface area contributed by atoms with Gasteiger partial charge in [0.05, 0.1) is 19.6 Å². The van der Waals surface area contributed by atoms with E-state index >= 15 is 0 Å². The minimum atomic E-state index is -1.26. The van der Waals surface area contributed by atoms with Gasteiger partial charge in [-0.1, -0.05) is 18.2 Å². The fourth-order valence-corrected chi connectivity index (χ4v) is 5.01. The predicted octanol–water partition coefficient (Wildman–Crippen LogP) is 2.82. The summed E-state index contributed by atoms with van der Waals surface area (Å²) in [5, 5.41) is 2.92. The number of carbonyl (C=O) groups excluding carboxylic acids is 3. The first-order chi connectivity index (χ1) is 15.8. The van der Waals surface area contributed by atoms with Crippen molar-refractivity contribution in [3.8, 4) is 0 Å². The molecule has 1 fully saturated rings. The third-order valence-corrected chi connectivity index (χ3v) is 6.74. The number of ketones is 1. The maximum atomic E-state index is 13.2. The molecule has 3 unspecified atom stereocenters. The van der Waals surface area contributed by atoms with E-state index in [0.717, 1.165) is 28.9 Å². The minimum absolute atomic E-state index is 0.0158. The number of amides is 2. The molecule has 0 saturated carbocycles. The number of hydrogen-bond acceptors (Lipinski definition) is 5. The van der Waals surface area contributed by atoms with Crippen LogP contribution in [0.15, 0.2) is 66.2 Å². The van der Waals surface area contributed by atoms with E-state index in [0.29, 0.717) is 13.0 Å². The first kappa shape index (κ1) is 22.7. The molecule has 0 bridgehead atoms.